The second-order valence-corrected chi connectivity index (χ2v) is 6.55. The van der Waals surface area contributed by atoms with Crippen LogP contribution in [0.25, 0.3) is 0 Å². The number of rotatable bonds is 5. The number of nitrogens with two attached hydrogens (primary N) is 1. The van der Waals surface area contributed by atoms with Gasteiger partial charge in [0.15, 0.2) is 0 Å². The summed E-state index contributed by atoms with van der Waals surface area (Å²) in [6, 6.07) is 17.6. The highest BCUT2D eigenvalue weighted by Gasteiger charge is 2.20. The fourth-order valence-electron chi connectivity index (χ4n) is 2.88. The van der Waals surface area contributed by atoms with E-state index in [0.717, 1.165) is 5.92 Å². The summed E-state index contributed by atoms with van der Waals surface area (Å²) in [5.41, 5.74) is 6.83. The van der Waals surface area contributed by atoms with E-state index in [4.69, 9.17) is 5.84 Å². The fourth-order valence-corrected chi connectivity index (χ4v) is 3.29. The lowest BCUT2D eigenvalue weighted by Crippen LogP contribution is -2.28. The summed E-state index contributed by atoms with van der Waals surface area (Å²) in [6.45, 7) is 0. The predicted octanol–water partition coefficient (Wildman–Crippen LogP) is 4.23. The van der Waals surface area contributed by atoms with Gasteiger partial charge in [0.2, 0.25) is 0 Å². The molecular weight excluding hydrogens is 276 g/mol. The monoisotopic (exact) mass is 298 g/mol. The van der Waals surface area contributed by atoms with Gasteiger partial charge in [0.25, 0.3) is 0 Å². The first-order valence-electron chi connectivity index (χ1n) is 7.51. The molecule has 110 valence electrons. The van der Waals surface area contributed by atoms with Crippen LogP contribution in [0, 0.1) is 0 Å². The Hall–Kier alpha value is -1.29. The minimum Gasteiger partial charge on any atom is -0.271 e. The van der Waals surface area contributed by atoms with E-state index in [-0.39, 0.29) is 6.04 Å². The lowest BCUT2D eigenvalue weighted by molar-refractivity contribution is 0.419. The molecule has 0 aromatic heterocycles. The van der Waals surface area contributed by atoms with Gasteiger partial charge in [0.1, 0.15) is 0 Å². The van der Waals surface area contributed by atoms with Crippen molar-refractivity contribution in [1.82, 2.24) is 5.43 Å². The van der Waals surface area contributed by atoms with Crippen molar-refractivity contribution in [2.75, 3.05) is 6.26 Å². The minimum absolute atomic E-state index is 0.0522. The van der Waals surface area contributed by atoms with Crippen LogP contribution in [0.1, 0.15) is 47.9 Å². The fraction of sp³-hybridized carbons (Fsp3) is 0.333. The van der Waals surface area contributed by atoms with Crippen LogP contribution in [0.2, 0.25) is 0 Å². The number of benzene rings is 2. The molecule has 3 rings (SSSR count). The van der Waals surface area contributed by atoms with Crippen molar-refractivity contribution in [3.8, 4) is 0 Å². The van der Waals surface area contributed by atoms with Gasteiger partial charge in [0, 0.05) is 4.90 Å². The number of hydrazine groups is 1. The topological polar surface area (TPSA) is 38.0 Å². The van der Waals surface area contributed by atoms with E-state index in [1.54, 1.807) is 11.8 Å². The SMILES string of the molecule is CSc1ccc(C(NN)c2ccc(C3CCC3)cc2)cc1. The Morgan fingerprint density at radius 1 is 1.00 bits per heavy atom. The molecule has 0 saturated heterocycles. The van der Waals surface area contributed by atoms with Crippen molar-refractivity contribution in [3.05, 3.63) is 65.2 Å². The first-order chi connectivity index (χ1) is 10.3. The highest BCUT2D eigenvalue weighted by atomic mass is 32.2. The maximum atomic E-state index is 5.79. The van der Waals surface area contributed by atoms with Crippen LogP contribution in [0.5, 0.6) is 0 Å². The van der Waals surface area contributed by atoms with Crippen LogP contribution in [0.15, 0.2) is 53.4 Å². The quantitative estimate of drug-likeness (QED) is 0.493. The highest BCUT2D eigenvalue weighted by molar-refractivity contribution is 7.98. The Kier molecular flexibility index (Phi) is 4.63. The molecule has 3 N–H and O–H groups in total. The number of thioether (sulfide) groups is 1. The molecule has 21 heavy (non-hydrogen) atoms. The van der Waals surface area contributed by atoms with E-state index < -0.39 is 0 Å². The van der Waals surface area contributed by atoms with Gasteiger partial charge in [-0.3, -0.25) is 5.84 Å². The summed E-state index contributed by atoms with van der Waals surface area (Å²) in [6.07, 6.45) is 6.15. The molecule has 1 atom stereocenters. The molecule has 1 saturated carbocycles. The third-order valence-corrected chi connectivity index (χ3v) is 5.21. The lowest BCUT2D eigenvalue weighted by atomic mass is 9.79. The summed E-state index contributed by atoms with van der Waals surface area (Å²) in [4.78, 5) is 1.27. The first kappa shape index (κ1) is 14.6. The first-order valence-corrected chi connectivity index (χ1v) is 8.74. The van der Waals surface area contributed by atoms with Gasteiger partial charge in [0.05, 0.1) is 6.04 Å². The van der Waals surface area contributed by atoms with Crippen LogP contribution >= 0.6 is 11.8 Å². The number of hydrogen-bond donors (Lipinski definition) is 2. The van der Waals surface area contributed by atoms with Gasteiger partial charge in [-0.25, -0.2) is 5.43 Å². The number of hydrogen-bond acceptors (Lipinski definition) is 3. The molecule has 0 bridgehead atoms. The van der Waals surface area contributed by atoms with Gasteiger partial charge < -0.3 is 0 Å². The van der Waals surface area contributed by atoms with Gasteiger partial charge in [-0.15, -0.1) is 11.8 Å². The molecule has 3 heteroatoms. The Morgan fingerprint density at radius 3 is 2.00 bits per heavy atom. The van der Waals surface area contributed by atoms with Crippen molar-refractivity contribution in [1.29, 1.82) is 0 Å². The summed E-state index contributed by atoms with van der Waals surface area (Å²) >= 11 is 1.76. The maximum Gasteiger partial charge on any atom is 0.0710 e. The molecule has 0 spiro atoms. The van der Waals surface area contributed by atoms with Crippen LogP contribution in [-0.2, 0) is 0 Å². The minimum atomic E-state index is 0.0522. The zero-order chi connectivity index (χ0) is 14.7. The molecule has 2 aromatic carbocycles. The van der Waals surface area contributed by atoms with Gasteiger partial charge >= 0.3 is 0 Å². The summed E-state index contributed by atoms with van der Waals surface area (Å²) < 4.78 is 0. The average molecular weight is 298 g/mol. The second-order valence-electron chi connectivity index (χ2n) is 5.67. The molecule has 1 unspecified atom stereocenters. The van der Waals surface area contributed by atoms with Crippen LogP contribution in [0.3, 0.4) is 0 Å². The van der Waals surface area contributed by atoms with E-state index in [1.165, 1.54) is 40.8 Å². The summed E-state index contributed by atoms with van der Waals surface area (Å²) in [5.74, 6) is 6.57. The van der Waals surface area contributed by atoms with Crippen LogP contribution < -0.4 is 11.3 Å². The summed E-state index contributed by atoms with van der Waals surface area (Å²) in [5, 5.41) is 0. The van der Waals surface area contributed by atoms with Gasteiger partial charge in [-0.1, -0.05) is 42.8 Å². The third-order valence-electron chi connectivity index (χ3n) is 4.46. The van der Waals surface area contributed by atoms with Crippen LogP contribution in [0.4, 0.5) is 0 Å². The predicted molar refractivity (Wildman–Crippen MR) is 90.4 cm³/mol. The average Bonchev–Trinajstić information content (AvgIpc) is 2.49. The smallest absolute Gasteiger partial charge is 0.0710 e. The standard InChI is InChI=1S/C18H22N2S/c1-21-17-11-9-16(10-12-17)18(20-19)15-7-5-14(6-8-15)13-3-2-4-13/h5-13,18,20H,2-4,19H2,1H3. The second kappa shape index (κ2) is 6.65. The molecule has 2 aromatic rings. The molecule has 0 radical (unpaired) electrons. The lowest BCUT2D eigenvalue weighted by Gasteiger charge is -2.26. The molecule has 0 amide bonds. The Morgan fingerprint density at radius 2 is 1.57 bits per heavy atom. The van der Waals surface area contributed by atoms with Crippen molar-refractivity contribution in [2.24, 2.45) is 5.84 Å². The molecule has 1 aliphatic carbocycles. The van der Waals surface area contributed by atoms with E-state index >= 15 is 0 Å². The largest absolute Gasteiger partial charge is 0.271 e. The highest BCUT2D eigenvalue weighted by Crippen LogP contribution is 2.36. The Balaban J connectivity index is 1.81. The Bertz CT molecular complexity index is 573. The zero-order valence-electron chi connectivity index (χ0n) is 12.4. The van der Waals surface area contributed by atoms with E-state index in [9.17, 15) is 0 Å². The van der Waals surface area contributed by atoms with Crippen molar-refractivity contribution >= 4 is 11.8 Å². The third kappa shape index (κ3) is 3.15. The van der Waals surface area contributed by atoms with Crippen molar-refractivity contribution in [2.45, 2.75) is 36.1 Å². The van der Waals surface area contributed by atoms with Crippen molar-refractivity contribution in [3.63, 3.8) is 0 Å². The van der Waals surface area contributed by atoms with Gasteiger partial charge in [-0.05, 0) is 53.8 Å². The van der Waals surface area contributed by atoms with Gasteiger partial charge in [-0.2, -0.15) is 0 Å². The number of nitrogens with one attached hydrogen (secondary N) is 1. The van der Waals surface area contributed by atoms with E-state index in [2.05, 4.69) is 60.2 Å². The Labute approximate surface area is 131 Å². The molecule has 2 nitrogen and oxygen atoms in total. The normalized spacial score (nSPS) is 16.5. The molecule has 0 aliphatic heterocycles. The zero-order valence-corrected chi connectivity index (χ0v) is 13.2. The van der Waals surface area contributed by atoms with Crippen molar-refractivity contribution < 1.29 is 0 Å². The van der Waals surface area contributed by atoms with E-state index in [1.807, 2.05) is 0 Å². The molecule has 1 aliphatic rings. The summed E-state index contributed by atoms with van der Waals surface area (Å²) in [7, 11) is 0. The van der Waals surface area contributed by atoms with E-state index in [0.29, 0.717) is 0 Å². The maximum absolute atomic E-state index is 5.79. The van der Waals surface area contributed by atoms with Crippen LogP contribution in [-0.4, -0.2) is 6.26 Å². The molecular formula is C18H22N2S. The molecule has 0 heterocycles. The molecule has 1 fully saturated rings.